The third-order valence-corrected chi connectivity index (χ3v) is 4.29. The van der Waals surface area contributed by atoms with E-state index in [1.165, 1.54) is 0 Å². The van der Waals surface area contributed by atoms with Crippen LogP contribution in [-0.2, 0) is 0 Å². The summed E-state index contributed by atoms with van der Waals surface area (Å²) in [5.41, 5.74) is 3.29. The molecule has 3 rings (SSSR count). The van der Waals surface area contributed by atoms with Gasteiger partial charge in [-0.05, 0) is 36.1 Å². The van der Waals surface area contributed by atoms with Gasteiger partial charge in [0.2, 0.25) is 0 Å². The van der Waals surface area contributed by atoms with Crippen molar-refractivity contribution in [2.45, 2.75) is 6.92 Å². The summed E-state index contributed by atoms with van der Waals surface area (Å²) in [7, 11) is 1.62. The summed E-state index contributed by atoms with van der Waals surface area (Å²) in [4.78, 5) is 12.4. The van der Waals surface area contributed by atoms with Crippen LogP contribution in [0.5, 0.6) is 5.75 Å². The summed E-state index contributed by atoms with van der Waals surface area (Å²) in [6, 6.07) is 9.60. The molecule has 2 heterocycles. The fraction of sp³-hybridized carbons (Fsp3) is 0.125. The van der Waals surface area contributed by atoms with Crippen LogP contribution in [-0.4, -0.2) is 23.2 Å². The zero-order valence-corrected chi connectivity index (χ0v) is 12.6. The van der Waals surface area contributed by atoms with Crippen LogP contribution in [0.25, 0.3) is 16.3 Å². The van der Waals surface area contributed by atoms with Crippen LogP contribution in [0, 0.1) is 6.92 Å². The largest absolute Gasteiger partial charge is 0.497 e. The molecule has 1 aromatic carbocycles. The molecule has 5 heteroatoms. The van der Waals surface area contributed by atoms with Gasteiger partial charge in [-0.1, -0.05) is 6.07 Å². The van der Waals surface area contributed by atoms with Crippen LogP contribution in [0.2, 0.25) is 0 Å². The SMILES string of the molecule is COc1cccc(-n2cc(C=O)c(-c3sccc3C)n2)c1. The van der Waals surface area contributed by atoms with E-state index in [0.29, 0.717) is 5.56 Å². The molecule has 3 aromatic rings. The van der Waals surface area contributed by atoms with E-state index in [0.717, 1.165) is 33.9 Å². The number of aryl methyl sites for hydroxylation is 1. The highest BCUT2D eigenvalue weighted by molar-refractivity contribution is 7.13. The normalized spacial score (nSPS) is 10.6. The van der Waals surface area contributed by atoms with E-state index in [1.807, 2.05) is 42.6 Å². The number of hydrogen-bond acceptors (Lipinski definition) is 4. The third kappa shape index (κ3) is 2.48. The lowest BCUT2D eigenvalue weighted by Crippen LogP contribution is -1.95. The highest BCUT2D eigenvalue weighted by atomic mass is 32.1. The van der Waals surface area contributed by atoms with Crippen LogP contribution in [0.1, 0.15) is 15.9 Å². The minimum absolute atomic E-state index is 0.586. The van der Waals surface area contributed by atoms with Gasteiger partial charge in [-0.15, -0.1) is 11.3 Å². The monoisotopic (exact) mass is 298 g/mol. The first-order valence-electron chi connectivity index (χ1n) is 6.46. The van der Waals surface area contributed by atoms with Crippen LogP contribution in [0.3, 0.4) is 0 Å². The average Bonchev–Trinajstić information content (AvgIpc) is 3.12. The second-order valence-corrected chi connectivity index (χ2v) is 5.55. The van der Waals surface area contributed by atoms with Gasteiger partial charge in [0.25, 0.3) is 0 Å². The lowest BCUT2D eigenvalue weighted by molar-refractivity contribution is 0.112. The summed E-state index contributed by atoms with van der Waals surface area (Å²) >= 11 is 1.59. The minimum Gasteiger partial charge on any atom is -0.497 e. The van der Waals surface area contributed by atoms with Gasteiger partial charge in [-0.25, -0.2) is 4.68 Å². The van der Waals surface area contributed by atoms with E-state index in [1.54, 1.807) is 29.3 Å². The Bertz CT molecular complexity index is 789. The molecule has 0 N–H and O–H groups in total. The maximum Gasteiger partial charge on any atom is 0.153 e. The molecular formula is C16H14N2O2S. The number of ether oxygens (including phenoxy) is 1. The Morgan fingerprint density at radius 1 is 1.33 bits per heavy atom. The maximum absolute atomic E-state index is 11.3. The molecule has 4 nitrogen and oxygen atoms in total. The number of methoxy groups -OCH3 is 1. The fourth-order valence-corrected chi connectivity index (χ4v) is 3.08. The predicted molar refractivity (Wildman–Crippen MR) is 83.6 cm³/mol. The van der Waals surface area contributed by atoms with Gasteiger partial charge in [0.1, 0.15) is 11.4 Å². The highest BCUT2D eigenvalue weighted by Crippen LogP contribution is 2.30. The molecule has 0 atom stereocenters. The summed E-state index contributed by atoms with van der Waals surface area (Å²) in [5, 5.41) is 6.57. The molecule has 0 aliphatic heterocycles. The van der Waals surface area contributed by atoms with Crippen LogP contribution in [0.4, 0.5) is 0 Å². The second kappa shape index (κ2) is 5.54. The van der Waals surface area contributed by atoms with E-state index < -0.39 is 0 Å². The zero-order chi connectivity index (χ0) is 14.8. The maximum atomic E-state index is 11.3. The van der Waals surface area contributed by atoms with Crippen molar-refractivity contribution in [3.63, 3.8) is 0 Å². The van der Waals surface area contributed by atoms with Crippen molar-refractivity contribution < 1.29 is 9.53 Å². The zero-order valence-electron chi connectivity index (χ0n) is 11.7. The number of thiophene rings is 1. The first-order chi connectivity index (χ1) is 10.2. The molecule has 0 saturated carbocycles. The predicted octanol–water partition coefficient (Wildman–Crippen LogP) is 3.73. The lowest BCUT2D eigenvalue weighted by Gasteiger charge is -2.04. The molecule has 21 heavy (non-hydrogen) atoms. The van der Waals surface area contributed by atoms with E-state index in [4.69, 9.17) is 4.74 Å². The summed E-state index contributed by atoms with van der Waals surface area (Å²) in [6.07, 6.45) is 2.59. The molecule has 0 radical (unpaired) electrons. The van der Waals surface area contributed by atoms with Gasteiger partial charge in [0, 0.05) is 12.3 Å². The van der Waals surface area contributed by atoms with Gasteiger partial charge in [0.05, 0.1) is 23.2 Å². The Balaban J connectivity index is 2.11. The van der Waals surface area contributed by atoms with Gasteiger partial charge < -0.3 is 4.74 Å². The van der Waals surface area contributed by atoms with Crippen molar-refractivity contribution in [3.05, 3.63) is 53.0 Å². The summed E-state index contributed by atoms with van der Waals surface area (Å²) in [5.74, 6) is 0.754. The Kier molecular flexibility index (Phi) is 3.58. The van der Waals surface area contributed by atoms with Crippen molar-refractivity contribution >= 4 is 17.6 Å². The van der Waals surface area contributed by atoms with Crippen molar-refractivity contribution in [1.82, 2.24) is 9.78 Å². The smallest absolute Gasteiger partial charge is 0.153 e. The van der Waals surface area contributed by atoms with Crippen LogP contribution >= 0.6 is 11.3 Å². The quantitative estimate of drug-likeness (QED) is 0.689. The van der Waals surface area contributed by atoms with Crippen LogP contribution in [0.15, 0.2) is 41.9 Å². The molecule has 106 valence electrons. The number of benzene rings is 1. The van der Waals surface area contributed by atoms with Gasteiger partial charge in [-0.2, -0.15) is 5.10 Å². The van der Waals surface area contributed by atoms with Crippen molar-refractivity contribution in [2.75, 3.05) is 7.11 Å². The highest BCUT2D eigenvalue weighted by Gasteiger charge is 2.14. The molecule has 0 saturated heterocycles. The number of carbonyl (C=O) groups is 1. The van der Waals surface area contributed by atoms with Gasteiger partial charge in [0.15, 0.2) is 6.29 Å². The molecule has 0 fully saturated rings. The lowest BCUT2D eigenvalue weighted by atomic mass is 10.2. The molecule has 0 aliphatic carbocycles. The Labute approximate surface area is 126 Å². The first-order valence-corrected chi connectivity index (χ1v) is 7.34. The Morgan fingerprint density at radius 2 is 2.19 bits per heavy atom. The van der Waals surface area contributed by atoms with Crippen molar-refractivity contribution in [1.29, 1.82) is 0 Å². The van der Waals surface area contributed by atoms with Gasteiger partial charge >= 0.3 is 0 Å². The van der Waals surface area contributed by atoms with E-state index in [2.05, 4.69) is 5.10 Å². The van der Waals surface area contributed by atoms with Crippen molar-refractivity contribution in [3.8, 4) is 22.0 Å². The molecule has 0 amide bonds. The molecule has 0 aliphatic rings. The van der Waals surface area contributed by atoms with Crippen LogP contribution < -0.4 is 4.74 Å². The van der Waals surface area contributed by atoms with E-state index in [-0.39, 0.29) is 0 Å². The minimum atomic E-state index is 0.586. The summed E-state index contributed by atoms with van der Waals surface area (Å²) in [6.45, 7) is 2.02. The molecule has 0 bridgehead atoms. The molecule has 2 aromatic heterocycles. The second-order valence-electron chi connectivity index (χ2n) is 4.63. The number of aromatic nitrogens is 2. The molecule has 0 spiro atoms. The fourth-order valence-electron chi connectivity index (χ4n) is 2.15. The number of rotatable bonds is 4. The van der Waals surface area contributed by atoms with Crippen molar-refractivity contribution in [2.24, 2.45) is 0 Å². The third-order valence-electron chi connectivity index (χ3n) is 3.26. The summed E-state index contributed by atoms with van der Waals surface area (Å²) < 4.78 is 6.93. The molecular weight excluding hydrogens is 284 g/mol. The molecule has 0 unspecified atom stereocenters. The van der Waals surface area contributed by atoms with Gasteiger partial charge in [-0.3, -0.25) is 4.79 Å². The topological polar surface area (TPSA) is 44.1 Å². The number of hydrogen-bond donors (Lipinski definition) is 0. The van der Waals surface area contributed by atoms with E-state index >= 15 is 0 Å². The number of carbonyl (C=O) groups excluding carboxylic acids is 1. The van der Waals surface area contributed by atoms with E-state index in [9.17, 15) is 4.79 Å². The standard InChI is InChI=1S/C16H14N2O2S/c1-11-6-7-21-16(11)15-12(10-19)9-18(17-15)13-4-3-5-14(8-13)20-2/h3-10H,1-2H3. The average molecular weight is 298 g/mol. The number of aldehydes is 1. The Morgan fingerprint density at radius 3 is 2.86 bits per heavy atom. The first kappa shape index (κ1) is 13.6. The Hall–Kier alpha value is -2.40. The number of nitrogens with zero attached hydrogens (tertiary/aromatic N) is 2.